The monoisotopic (exact) mass is 332 g/mol. The largest absolute Gasteiger partial charge is 0.326 e. The molecule has 0 fully saturated rings. The molecule has 4 nitrogen and oxygen atoms in total. The number of para-hydroxylation sites is 1. The van der Waals surface area contributed by atoms with Crippen LogP contribution in [0.2, 0.25) is 0 Å². The standard InChI is InChI=1S/C21H24N4/c1-5-25(18-11-6-8-15(2)14-18)19-12-13-22-21(23-19)24-20-16(3)9-7-10-17(20)4/h6-14H,5H2,1-4H3,(H,22,23,24). The van der Waals surface area contributed by atoms with Crippen LogP contribution in [0.5, 0.6) is 0 Å². The van der Waals surface area contributed by atoms with E-state index in [9.17, 15) is 0 Å². The maximum absolute atomic E-state index is 4.73. The summed E-state index contributed by atoms with van der Waals surface area (Å²) >= 11 is 0. The molecule has 2 aromatic carbocycles. The van der Waals surface area contributed by atoms with E-state index in [-0.39, 0.29) is 0 Å². The molecule has 3 rings (SSSR count). The second kappa shape index (κ2) is 7.34. The Morgan fingerprint density at radius 2 is 1.68 bits per heavy atom. The Balaban J connectivity index is 1.93. The molecule has 0 amide bonds. The SMILES string of the molecule is CCN(c1cccc(C)c1)c1ccnc(Nc2c(C)cccc2C)n1. The second-order valence-electron chi connectivity index (χ2n) is 6.21. The van der Waals surface area contributed by atoms with Crippen molar-refractivity contribution in [2.75, 3.05) is 16.8 Å². The number of rotatable bonds is 5. The maximum atomic E-state index is 4.73. The highest BCUT2D eigenvalue weighted by Gasteiger charge is 2.11. The van der Waals surface area contributed by atoms with Gasteiger partial charge in [-0.1, -0.05) is 30.3 Å². The fourth-order valence-electron chi connectivity index (χ4n) is 2.96. The second-order valence-corrected chi connectivity index (χ2v) is 6.21. The summed E-state index contributed by atoms with van der Waals surface area (Å²) in [4.78, 5) is 11.3. The number of nitrogens with one attached hydrogen (secondary N) is 1. The van der Waals surface area contributed by atoms with Gasteiger partial charge in [0.25, 0.3) is 0 Å². The molecule has 0 aliphatic carbocycles. The quantitative estimate of drug-likeness (QED) is 0.688. The third kappa shape index (κ3) is 3.79. The minimum absolute atomic E-state index is 0.612. The summed E-state index contributed by atoms with van der Waals surface area (Å²) in [6.45, 7) is 9.24. The van der Waals surface area contributed by atoms with E-state index < -0.39 is 0 Å². The van der Waals surface area contributed by atoms with Crippen molar-refractivity contribution in [3.05, 3.63) is 71.4 Å². The van der Waals surface area contributed by atoms with Crippen LogP contribution in [0.1, 0.15) is 23.6 Å². The van der Waals surface area contributed by atoms with E-state index in [1.165, 1.54) is 16.7 Å². The van der Waals surface area contributed by atoms with E-state index in [1.54, 1.807) is 6.20 Å². The Kier molecular flexibility index (Phi) is 4.98. The Morgan fingerprint density at radius 3 is 2.36 bits per heavy atom. The summed E-state index contributed by atoms with van der Waals surface area (Å²) in [6, 6.07) is 16.6. The molecule has 1 heterocycles. The molecule has 25 heavy (non-hydrogen) atoms. The van der Waals surface area contributed by atoms with Crippen LogP contribution in [0, 0.1) is 20.8 Å². The average molecular weight is 332 g/mol. The topological polar surface area (TPSA) is 41.1 Å². The van der Waals surface area contributed by atoms with Crippen LogP contribution < -0.4 is 10.2 Å². The lowest BCUT2D eigenvalue weighted by atomic mass is 10.1. The molecule has 0 radical (unpaired) electrons. The zero-order valence-electron chi connectivity index (χ0n) is 15.2. The van der Waals surface area contributed by atoms with Crippen LogP contribution >= 0.6 is 0 Å². The molecule has 0 saturated heterocycles. The van der Waals surface area contributed by atoms with Crippen LogP contribution in [0.3, 0.4) is 0 Å². The number of aromatic nitrogens is 2. The highest BCUT2D eigenvalue weighted by Crippen LogP contribution is 2.26. The molecule has 4 heteroatoms. The minimum Gasteiger partial charge on any atom is -0.326 e. The Labute approximate surface area is 149 Å². The van der Waals surface area contributed by atoms with Gasteiger partial charge in [0.15, 0.2) is 0 Å². The van der Waals surface area contributed by atoms with Crippen molar-refractivity contribution in [1.82, 2.24) is 9.97 Å². The number of benzene rings is 2. The molecule has 0 aliphatic rings. The summed E-state index contributed by atoms with van der Waals surface area (Å²) < 4.78 is 0. The lowest BCUT2D eigenvalue weighted by Gasteiger charge is -2.23. The molecule has 0 unspecified atom stereocenters. The van der Waals surface area contributed by atoms with Crippen molar-refractivity contribution in [3.8, 4) is 0 Å². The van der Waals surface area contributed by atoms with Gasteiger partial charge in [-0.05, 0) is 62.6 Å². The maximum Gasteiger partial charge on any atom is 0.229 e. The van der Waals surface area contributed by atoms with E-state index in [0.29, 0.717) is 5.95 Å². The lowest BCUT2D eigenvalue weighted by Crippen LogP contribution is -2.18. The van der Waals surface area contributed by atoms with Gasteiger partial charge in [-0.15, -0.1) is 0 Å². The van der Waals surface area contributed by atoms with Gasteiger partial charge in [0, 0.05) is 24.1 Å². The van der Waals surface area contributed by atoms with E-state index in [2.05, 4.69) is 85.4 Å². The first-order valence-electron chi connectivity index (χ1n) is 8.59. The molecule has 128 valence electrons. The summed E-state index contributed by atoms with van der Waals surface area (Å²) in [5, 5.41) is 3.37. The minimum atomic E-state index is 0.612. The van der Waals surface area contributed by atoms with Crippen molar-refractivity contribution in [2.24, 2.45) is 0 Å². The summed E-state index contributed by atoms with van der Waals surface area (Å²) in [5.41, 5.74) is 5.80. The molecular weight excluding hydrogens is 308 g/mol. The van der Waals surface area contributed by atoms with Gasteiger partial charge >= 0.3 is 0 Å². The molecule has 0 bridgehead atoms. The van der Waals surface area contributed by atoms with Crippen LogP contribution in [0.15, 0.2) is 54.7 Å². The third-order valence-electron chi connectivity index (χ3n) is 4.26. The van der Waals surface area contributed by atoms with Crippen molar-refractivity contribution in [2.45, 2.75) is 27.7 Å². The van der Waals surface area contributed by atoms with E-state index in [1.807, 2.05) is 6.07 Å². The average Bonchev–Trinajstić information content (AvgIpc) is 2.60. The number of hydrogen-bond acceptors (Lipinski definition) is 4. The molecule has 3 aromatic rings. The molecule has 0 spiro atoms. The van der Waals surface area contributed by atoms with Gasteiger partial charge in [0.1, 0.15) is 5.82 Å². The molecule has 1 N–H and O–H groups in total. The zero-order chi connectivity index (χ0) is 17.8. The van der Waals surface area contributed by atoms with Crippen molar-refractivity contribution in [1.29, 1.82) is 0 Å². The van der Waals surface area contributed by atoms with E-state index in [4.69, 9.17) is 4.98 Å². The van der Waals surface area contributed by atoms with Gasteiger partial charge in [-0.25, -0.2) is 4.98 Å². The smallest absolute Gasteiger partial charge is 0.229 e. The summed E-state index contributed by atoms with van der Waals surface area (Å²) in [6.07, 6.45) is 1.80. The highest BCUT2D eigenvalue weighted by atomic mass is 15.2. The lowest BCUT2D eigenvalue weighted by molar-refractivity contribution is 0.977. The van der Waals surface area contributed by atoms with Gasteiger partial charge in [-0.3, -0.25) is 0 Å². The normalized spacial score (nSPS) is 10.6. The van der Waals surface area contributed by atoms with Crippen LogP contribution in [0.25, 0.3) is 0 Å². The predicted molar refractivity (Wildman–Crippen MR) is 105 cm³/mol. The van der Waals surface area contributed by atoms with Gasteiger partial charge in [-0.2, -0.15) is 4.98 Å². The molecular formula is C21H24N4. The van der Waals surface area contributed by atoms with Crippen molar-refractivity contribution < 1.29 is 0 Å². The van der Waals surface area contributed by atoms with Crippen LogP contribution in [-0.2, 0) is 0 Å². The predicted octanol–water partition coefficient (Wildman–Crippen LogP) is 5.30. The van der Waals surface area contributed by atoms with Gasteiger partial charge in [0.05, 0.1) is 0 Å². The first kappa shape index (κ1) is 17.0. The molecule has 0 atom stereocenters. The van der Waals surface area contributed by atoms with Crippen LogP contribution in [0.4, 0.5) is 23.1 Å². The van der Waals surface area contributed by atoms with Gasteiger partial charge in [0.2, 0.25) is 5.95 Å². The fourth-order valence-corrected chi connectivity index (χ4v) is 2.96. The first-order chi connectivity index (χ1) is 12.1. The number of anilines is 4. The Bertz CT molecular complexity index is 853. The molecule has 0 saturated carbocycles. The molecule has 1 aromatic heterocycles. The Morgan fingerprint density at radius 1 is 0.960 bits per heavy atom. The van der Waals surface area contributed by atoms with Crippen LogP contribution in [-0.4, -0.2) is 16.5 Å². The zero-order valence-corrected chi connectivity index (χ0v) is 15.2. The van der Waals surface area contributed by atoms with E-state index in [0.717, 1.165) is 23.7 Å². The molecule has 0 aliphatic heterocycles. The fraction of sp³-hybridized carbons (Fsp3) is 0.238. The summed E-state index contributed by atoms with van der Waals surface area (Å²) in [7, 11) is 0. The highest BCUT2D eigenvalue weighted by molar-refractivity contribution is 5.65. The van der Waals surface area contributed by atoms with Crippen molar-refractivity contribution >= 4 is 23.1 Å². The van der Waals surface area contributed by atoms with Gasteiger partial charge < -0.3 is 10.2 Å². The number of hydrogen-bond donors (Lipinski definition) is 1. The Hall–Kier alpha value is -2.88. The third-order valence-corrected chi connectivity index (χ3v) is 4.26. The number of nitrogens with zero attached hydrogens (tertiary/aromatic N) is 3. The first-order valence-corrected chi connectivity index (χ1v) is 8.59. The van der Waals surface area contributed by atoms with E-state index >= 15 is 0 Å². The summed E-state index contributed by atoms with van der Waals surface area (Å²) in [5.74, 6) is 1.50. The number of aryl methyl sites for hydroxylation is 3. The van der Waals surface area contributed by atoms with Crippen molar-refractivity contribution in [3.63, 3.8) is 0 Å².